The van der Waals surface area contributed by atoms with Gasteiger partial charge in [-0.15, -0.1) is 11.3 Å². The number of ether oxygens (including phenoxy) is 1. The van der Waals surface area contributed by atoms with E-state index in [-0.39, 0.29) is 10.9 Å². The lowest BCUT2D eigenvalue weighted by molar-refractivity contribution is 0.414. The molecule has 3 rings (SSSR count). The zero-order valence-corrected chi connectivity index (χ0v) is 13.3. The Balaban J connectivity index is 1.83. The second kappa shape index (κ2) is 5.79. The number of nitrogens with one attached hydrogen (secondary N) is 1. The molecule has 0 saturated heterocycles. The van der Waals surface area contributed by atoms with E-state index >= 15 is 0 Å². The maximum absolute atomic E-state index is 12.5. The van der Waals surface area contributed by atoms with Crippen molar-refractivity contribution >= 4 is 21.4 Å². The molecule has 4 nitrogen and oxygen atoms in total. The molecule has 1 heterocycles. The van der Waals surface area contributed by atoms with Crippen LogP contribution in [0.4, 0.5) is 0 Å². The van der Waals surface area contributed by atoms with E-state index < -0.39 is 10.0 Å². The Hall–Kier alpha value is -1.37. The van der Waals surface area contributed by atoms with Crippen LogP contribution in [0.2, 0.25) is 0 Å². The summed E-state index contributed by atoms with van der Waals surface area (Å²) < 4.78 is 33.0. The largest absolute Gasteiger partial charge is 0.497 e. The van der Waals surface area contributed by atoms with E-state index in [2.05, 4.69) is 4.72 Å². The fraction of sp³-hybridized carbons (Fsp3) is 0.333. The number of rotatable bonds is 6. The van der Waals surface area contributed by atoms with Gasteiger partial charge in [0.15, 0.2) is 0 Å². The molecule has 0 unspecified atom stereocenters. The van der Waals surface area contributed by atoms with Crippen molar-refractivity contribution in [2.24, 2.45) is 5.92 Å². The van der Waals surface area contributed by atoms with E-state index in [9.17, 15) is 8.42 Å². The number of hydrogen-bond donors (Lipinski definition) is 1. The Kier molecular flexibility index (Phi) is 4.01. The molecule has 0 bridgehead atoms. The third-order valence-corrected chi connectivity index (χ3v) is 6.01. The summed E-state index contributed by atoms with van der Waals surface area (Å²) >= 11 is 1.59. The lowest BCUT2D eigenvalue weighted by Gasteiger charge is -2.17. The summed E-state index contributed by atoms with van der Waals surface area (Å²) in [5, 5.41) is 1.98. The molecule has 1 aromatic heterocycles. The molecule has 0 aliphatic heterocycles. The van der Waals surface area contributed by atoms with Crippen LogP contribution in [0.5, 0.6) is 5.75 Å². The van der Waals surface area contributed by atoms with E-state index in [4.69, 9.17) is 4.74 Å². The van der Waals surface area contributed by atoms with Gasteiger partial charge in [-0.25, -0.2) is 13.1 Å². The molecule has 112 valence electrons. The van der Waals surface area contributed by atoms with Gasteiger partial charge in [0, 0.05) is 4.88 Å². The summed E-state index contributed by atoms with van der Waals surface area (Å²) in [6.45, 7) is 0. The lowest BCUT2D eigenvalue weighted by Crippen LogP contribution is -2.29. The van der Waals surface area contributed by atoms with Gasteiger partial charge in [-0.3, -0.25) is 0 Å². The smallest absolute Gasteiger partial charge is 0.241 e. The molecule has 0 spiro atoms. The first-order valence-corrected chi connectivity index (χ1v) is 9.16. The van der Waals surface area contributed by atoms with Crippen molar-refractivity contribution in [2.75, 3.05) is 7.11 Å². The first-order valence-electron chi connectivity index (χ1n) is 6.80. The van der Waals surface area contributed by atoms with Gasteiger partial charge in [-0.05, 0) is 54.5 Å². The SMILES string of the molecule is COc1ccc(S(=O)(=O)N[C@H](c2cccs2)C2CC2)cc1. The van der Waals surface area contributed by atoms with Crippen molar-refractivity contribution in [2.45, 2.75) is 23.8 Å². The van der Waals surface area contributed by atoms with E-state index in [0.29, 0.717) is 11.7 Å². The molecule has 1 aliphatic rings. The van der Waals surface area contributed by atoms with Gasteiger partial charge in [0.1, 0.15) is 5.75 Å². The van der Waals surface area contributed by atoms with Gasteiger partial charge in [-0.1, -0.05) is 6.07 Å². The van der Waals surface area contributed by atoms with Crippen LogP contribution in [0.1, 0.15) is 23.8 Å². The monoisotopic (exact) mass is 323 g/mol. The average molecular weight is 323 g/mol. The molecule has 1 N–H and O–H groups in total. The minimum Gasteiger partial charge on any atom is -0.497 e. The van der Waals surface area contributed by atoms with Crippen LogP contribution in [0.25, 0.3) is 0 Å². The van der Waals surface area contributed by atoms with E-state index in [1.165, 1.54) is 0 Å². The molecular weight excluding hydrogens is 306 g/mol. The second-order valence-corrected chi connectivity index (χ2v) is 7.82. The first-order chi connectivity index (χ1) is 10.1. The molecule has 2 aromatic rings. The van der Waals surface area contributed by atoms with E-state index in [1.807, 2.05) is 17.5 Å². The second-order valence-electron chi connectivity index (χ2n) is 5.13. The standard InChI is InChI=1S/C15H17NO3S2/c1-19-12-6-8-13(9-7-12)21(17,18)16-15(11-4-5-11)14-3-2-10-20-14/h2-3,6-11,15-16H,4-5H2,1H3/t15-/m0/s1. The summed E-state index contributed by atoms with van der Waals surface area (Å²) in [6, 6.07) is 10.3. The highest BCUT2D eigenvalue weighted by Gasteiger charge is 2.35. The molecule has 1 atom stereocenters. The van der Waals surface area contributed by atoms with E-state index in [0.717, 1.165) is 17.7 Å². The van der Waals surface area contributed by atoms with Crippen LogP contribution < -0.4 is 9.46 Å². The highest BCUT2D eigenvalue weighted by molar-refractivity contribution is 7.89. The summed E-state index contributed by atoms with van der Waals surface area (Å²) in [6.07, 6.45) is 2.15. The number of thiophene rings is 1. The van der Waals surface area contributed by atoms with Gasteiger partial charge in [-0.2, -0.15) is 0 Å². The molecule has 1 fully saturated rings. The van der Waals surface area contributed by atoms with E-state index in [1.54, 1.807) is 42.7 Å². The first kappa shape index (κ1) is 14.6. The predicted molar refractivity (Wildman–Crippen MR) is 83.1 cm³/mol. The Morgan fingerprint density at radius 2 is 1.95 bits per heavy atom. The van der Waals surface area contributed by atoms with Crippen LogP contribution >= 0.6 is 11.3 Å². The molecule has 1 aromatic carbocycles. The molecule has 0 amide bonds. The minimum absolute atomic E-state index is 0.114. The van der Waals surface area contributed by atoms with Gasteiger partial charge in [0.05, 0.1) is 18.0 Å². The van der Waals surface area contributed by atoms with Crippen LogP contribution in [-0.4, -0.2) is 15.5 Å². The minimum atomic E-state index is -3.51. The maximum atomic E-state index is 12.5. The van der Waals surface area contributed by atoms with Gasteiger partial charge in [0.2, 0.25) is 10.0 Å². The highest BCUT2D eigenvalue weighted by atomic mass is 32.2. The molecule has 1 saturated carbocycles. The maximum Gasteiger partial charge on any atom is 0.241 e. The summed E-state index contributed by atoms with van der Waals surface area (Å²) in [5.41, 5.74) is 0. The molecule has 6 heteroatoms. The Morgan fingerprint density at radius 3 is 2.48 bits per heavy atom. The van der Waals surface area contributed by atoms with Crippen molar-refractivity contribution in [3.8, 4) is 5.75 Å². The van der Waals surface area contributed by atoms with Gasteiger partial charge in [0.25, 0.3) is 0 Å². The van der Waals surface area contributed by atoms with Crippen LogP contribution in [-0.2, 0) is 10.0 Å². The van der Waals surface area contributed by atoms with Gasteiger partial charge < -0.3 is 4.74 Å². The Labute approximate surface area is 128 Å². The predicted octanol–water partition coefficient (Wildman–Crippen LogP) is 3.19. The fourth-order valence-electron chi connectivity index (χ4n) is 2.27. The third kappa shape index (κ3) is 3.28. The normalized spacial score (nSPS) is 16.6. The molecular formula is C15H17NO3S2. The molecule has 1 aliphatic carbocycles. The van der Waals surface area contributed by atoms with Crippen molar-refractivity contribution < 1.29 is 13.2 Å². The number of hydrogen-bond acceptors (Lipinski definition) is 4. The Bertz CT molecular complexity index is 689. The fourth-order valence-corrected chi connectivity index (χ4v) is 4.50. The molecule has 0 radical (unpaired) electrons. The average Bonchev–Trinajstić information content (AvgIpc) is 3.19. The number of methoxy groups -OCH3 is 1. The lowest BCUT2D eigenvalue weighted by atomic mass is 10.2. The van der Waals surface area contributed by atoms with Crippen LogP contribution in [0.3, 0.4) is 0 Å². The summed E-state index contributed by atoms with van der Waals surface area (Å²) in [4.78, 5) is 1.35. The Morgan fingerprint density at radius 1 is 1.24 bits per heavy atom. The van der Waals surface area contributed by atoms with Crippen LogP contribution in [0, 0.1) is 5.92 Å². The zero-order valence-electron chi connectivity index (χ0n) is 11.7. The topological polar surface area (TPSA) is 55.4 Å². The van der Waals surface area contributed by atoms with Crippen molar-refractivity contribution in [1.82, 2.24) is 4.72 Å². The number of sulfonamides is 1. The summed E-state index contributed by atoms with van der Waals surface area (Å²) in [5.74, 6) is 1.06. The zero-order chi connectivity index (χ0) is 14.9. The van der Waals surface area contributed by atoms with Crippen molar-refractivity contribution in [1.29, 1.82) is 0 Å². The quantitative estimate of drug-likeness (QED) is 0.888. The van der Waals surface area contributed by atoms with Crippen molar-refractivity contribution in [3.05, 3.63) is 46.7 Å². The van der Waals surface area contributed by atoms with Crippen molar-refractivity contribution in [3.63, 3.8) is 0 Å². The third-order valence-electron chi connectivity index (χ3n) is 3.59. The highest BCUT2D eigenvalue weighted by Crippen LogP contribution is 2.43. The van der Waals surface area contributed by atoms with Crippen LogP contribution in [0.15, 0.2) is 46.7 Å². The summed E-state index contributed by atoms with van der Waals surface area (Å²) in [7, 11) is -1.96. The molecule has 21 heavy (non-hydrogen) atoms. The van der Waals surface area contributed by atoms with Gasteiger partial charge >= 0.3 is 0 Å². The number of benzene rings is 1.